The maximum absolute atomic E-state index is 12.9. The van der Waals surface area contributed by atoms with Gasteiger partial charge in [-0.25, -0.2) is 0 Å². The highest BCUT2D eigenvalue weighted by Crippen LogP contribution is 2.19. The van der Waals surface area contributed by atoms with Gasteiger partial charge in [0, 0.05) is 19.3 Å². The summed E-state index contributed by atoms with van der Waals surface area (Å²) in [5.41, 5.74) is 0. The number of ether oxygens (including phenoxy) is 3. The second-order valence-electron chi connectivity index (χ2n) is 25.2. The normalized spacial score (nSPS) is 12.3. The minimum Gasteiger partial charge on any atom is -0.462 e. The molecule has 486 valence electrons. The summed E-state index contributed by atoms with van der Waals surface area (Å²) >= 11 is 0. The molecular weight excluding hydrogens is 1020 g/mol. The summed E-state index contributed by atoms with van der Waals surface area (Å²) in [5, 5.41) is 0. The number of allylic oxidation sites excluding steroid dienone is 8. The minimum atomic E-state index is -0.771. The fourth-order valence-corrected chi connectivity index (χ4v) is 11.2. The van der Waals surface area contributed by atoms with Crippen LogP contribution in [0.1, 0.15) is 406 Å². The maximum atomic E-state index is 12.9. The van der Waals surface area contributed by atoms with Crippen molar-refractivity contribution in [1.29, 1.82) is 0 Å². The Balaban J connectivity index is 3.89. The summed E-state index contributed by atoms with van der Waals surface area (Å²) in [4.78, 5) is 38.0. The number of rotatable bonds is 69. The van der Waals surface area contributed by atoms with Gasteiger partial charge in [-0.15, -0.1) is 0 Å². The highest BCUT2D eigenvalue weighted by atomic mass is 16.6. The number of carbonyl (C=O) groups excluding carboxylic acids is 3. The largest absolute Gasteiger partial charge is 0.462 e. The molecule has 0 aliphatic rings. The molecule has 0 saturated carbocycles. The molecule has 6 heteroatoms. The van der Waals surface area contributed by atoms with Crippen molar-refractivity contribution < 1.29 is 28.6 Å². The molecule has 1 atom stereocenters. The molecule has 0 heterocycles. The van der Waals surface area contributed by atoms with Crippen molar-refractivity contribution in [2.24, 2.45) is 0 Å². The van der Waals surface area contributed by atoms with Gasteiger partial charge >= 0.3 is 17.9 Å². The van der Waals surface area contributed by atoms with Crippen LogP contribution >= 0.6 is 0 Å². The average Bonchev–Trinajstić information content (AvgIpc) is 3.49. The minimum absolute atomic E-state index is 0.0706. The Morgan fingerprint density at radius 3 is 0.687 bits per heavy atom. The van der Waals surface area contributed by atoms with Gasteiger partial charge in [-0.1, -0.05) is 352 Å². The van der Waals surface area contributed by atoms with E-state index in [1.54, 1.807) is 0 Å². The number of unbranched alkanes of at least 4 members (excludes halogenated alkanes) is 50. The van der Waals surface area contributed by atoms with E-state index in [1.165, 1.54) is 289 Å². The Morgan fingerprint density at radius 2 is 0.434 bits per heavy atom. The lowest BCUT2D eigenvalue weighted by Gasteiger charge is -2.18. The fraction of sp³-hybridized carbons (Fsp3) is 0.857. The molecule has 0 aromatic heterocycles. The van der Waals surface area contributed by atoms with Gasteiger partial charge in [0.2, 0.25) is 0 Å². The molecule has 0 saturated heterocycles. The highest BCUT2D eigenvalue weighted by Gasteiger charge is 2.19. The molecule has 1 unspecified atom stereocenters. The van der Waals surface area contributed by atoms with Crippen LogP contribution in [0.2, 0.25) is 0 Å². The van der Waals surface area contributed by atoms with Gasteiger partial charge in [0.25, 0.3) is 0 Å². The first kappa shape index (κ1) is 80.4. The fourth-order valence-electron chi connectivity index (χ4n) is 11.2. The SMILES string of the molecule is CCCCCCC/C=C\C/C=C\C/C=C\CCCCCCCCCCCCC(=O)OC(COC(=O)CCCCCCC)COC(=O)CCCCCCCCCCCCCCCCCCCCCCCCC/C=C\CCCCCCCCCC. The zero-order chi connectivity index (χ0) is 59.9. The summed E-state index contributed by atoms with van der Waals surface area (Å²) in [6.45, 7) is 6.60. The molecule has 0 fully saturated rings. The molecular formula is C77H142O6. The summed E-state index contributed by atoms with van der Waals surface area (Å²) in [6, 6.07) is 0. The summed E-state index contributed by atoms with van der Waals surface area (Å²) < 4.78 is 16.8. The molecule has 6 nitrogen and oxygen atoms in total. The van der Waals surface area contributed by atoms with Crippen LogP contribution in [0, 0.1) is 0 Å². The number of carbonyl (C=O) groups is 3. The molecule has 0 rings (SSSR count). The van der Waals surface area contributed by atoms with Crippen LogP contribution in [-0.4, -0.2) is 37.2 Å². The second kappa shape index (κ2) is 71.8. The predicted octanol–water partition coefficient (Wildman–Crippen LogP) is 25.7. The first-order valence-corrected chi connectivity index (χ1v) is 37.1. The van der Waals surface area contributed by atoms with Crippen molar-refractivity contribution in [3.63, 3.8) is 0 Å². The Bertz CT molecular complexity index is 1430. The van der Waals surface area contributed by atoms with Crippen LogP contribution in [0.15, 0.2) is 48.6 Å². The Morgan fingerprint density at radius 1 is 0.241 bits per heavy atom. The molecule has 0 aromatic rings. The van der Waals surface area contributed by atoms with Gasteiger partial charge < -0.3 is 14.2 Å². The van der Waals surface area contributed by atoms with Gasteiger partial charge in [-0.2, -0.15) is 0 Å². The molecule has 83 heavy (non-hydrogen) atoms. The van der Waals surface area contributed by atoms with Crippen molar-refractivity contribution in [2.45, 2.75) is 412 Å². The molecule has 0 aliphatic carbocycles. The quantitative estimate of drug-likeness (QED) is 0.0261. The van der Waals surface area contributed by atoms with E-state index in [0.29, 0.717) is 19.3 Å². The van der Waals surface area contributed by atoms with Gasteiger partial charge in [-0.05, 0) is 83.5 Å². The Hall–Kier alpha value is -2.63. The zero-order valence-corrected chi connectivity index (χ0v) is 56.0. The summed E-state index contributed by atoms with van der Waals surface area (Å²) in [6.07, 6.45) is 92.2. The molecule has 0 aromatic carbocycles. The van der Waals surface area contributed by atoms with Crippen molar-refractivity contribution >= 4 is 17.9 Å². The van der Waals surface area contributed by atoms with Crippen molar-refractivity contribution in [3.05, 3.63) is 48.6 Å². The van der Waals surface area contributed by atoms with Crippen molar-refractivity contribution in [2.75, 3.05) is 13.2 Å². The van der Waals surface area contributed by atoms with Crippen LogP contribution < -0.4 is 0 Å². The maximum Gasteiger partial charge on any atom is 0.306 e. The zero-order valence-electron chi connectivity index (χ0n) is 56.0. The summed E-state index contributed by atoms with van der Waals surface area (Å²) in [5.74, 6) is -0.866. The molecule has 0 radical (unpaired) electrons. The smallest absolute Gasteiger partial charge is 0.306 e. The lowest BCUT2D eigenvalue weighted by molar-refractivity contribution is -0.167. The van der Waals surface area contributed by atoms with Crippen LogP contribution in [0.5, 0.6) is 0 Å². The first-order chi connectivity index (χ1) is 41.0. The van der Waals surface area contributed by atoms with Crippen LogP contribution in [-0.2, 0) is 28.6 Å². The van der Waals surface area contributed by atoms with E-state index in [0.717, 1.165) is 77.0 Å². The van der Waals surface area contributed by atoms with Crippen molar-refractivity contribution in [1.82, 2.24) is 0 Å². The first-order valence-electron chi connectivity index (χ1n) is 37.1. The van der Waals surface area contributed by atoms with Crippen LogP contribution in [0.3, 0.4) is 0 Å². The molecule has 0 spiro atoms. The van der Waals surface area contributed by atoms with E-state index in [4.69, 9.17) is 14.2 Å². The second-order valence-corrected chi connectivity index (χ2v) is 25.2. The van der Waals surface area contributed by atoms with E-state index >= 15 is 0 Å². The monoisotopic (exact) mass is 1160 g/mol. The average molecular weight is 1160 g/mol. The van der Waals surface area contributed by atoms with Gasteiger partial charge in [0.05, 0.1) is 0 Å². The van der Waals surface area contributed by atoms with Gasteiger partial charge in [0.1, 0.15) is 13.2 Å². The van der Waals surface area contributed by atoms with Crippen LogP contribution in [0.25, 0.3) is 0 Å². The van der Waals surface area contributed by atoms with E-state index in [1.807, 2.05) is 0 Å². The third kappa shape index (κ3) is 70.0. The lowest BCUT2D eigenvalue weighted by atomic mass is 10.0. The Labute approximate surface area is 518 Å². The van der Waals surface area contributed by atoms with E-state index in [-0.39, 0.29) is 31.1 Å². The standard InChI is InChI=1S/C77H142O6/c1-4-7-10-13-15-17-19-21-23-25-27-29-31-33-34-35-36-37-38-39-40-41-42-44-45-47-49-51-53-55-57-59-61-64-67-70-76(79)82-73-74(72-81-75(78)69-66-63-12-9-6-3)83-77(80)71-68-65-62-60-58-56-54-52-50-48-46-43-32-30-28-26-24-22-20-18-16-14-11-8-5-2/h20,22,25-28,32,43,74H,4-19,21,23-24,29-31,33-42,44-73H2,1-3H3/b22-20-,27-25-,28-26-,43-32-. The lowest BCUT2D eigenvalue weighted by Crippen LogP contribution is -2.30. The summed E-state index contributed by atoms with van der Waals surface area (Å²) in [7, 11) is 0. The number of hydrogen-bond acceptors (Lipinski definition) is 6. The third-order valence-corrected chi connectivity index (χ3v) is 16.8. The van der Waals surface area contributed by atoms with E-state index < -0.39 is 6.10 Å². The molecule has 0 N–H and O–H groups in total. The van der Waals surface area contributed by atoms with E-state index in [9.17, 15) is 14.4 Å². The molecule has 0 amide bonds. The van der Waals surface area contributed by atoms with Gasteiger partial charge in [-0.3, -0.25) is 14.4 Å². The molecule has 0 aliphatic heterocycles. The highest BCUT2D eigenvalue weighted by molar-refractivity contribution is 5.71. The van der Waals surface area contributed by atoms with Gasteiger partial charge in [0.15, 0.2) is 6.10 Å². The Kier molecular flexibility index (Phi) is 69.6. The topological polar surface area (TPSA) is 78.9 Å². The molecule has 0 bridgehead atoms. The van der Waals surface area contributed by atoms with Crippen LogP contribution in [0.4, 0.5) is 0 Å². The third-order valence-electron chi connectivity index (χ3n) is 16.8. The van der Waals surface area contributed by atoms with Crippen molar-refractivity contribution in [3.8, 4) is 0 Å². The number of esters is 3. The number of hydrogen-bond donors (Lipinski definition) is 0. The predicted molar refractivity (Wildman–Crippen MR) is 362 cm³/mol. The van der Waals surface area contributed by atoms with E-state index in [2.05, 4.69) is 69.4 Å².